The number of halogens is 1. The largest absolute Gasteiger partial charge is 0.533 e. The minimum Gasteiger partial charge on any atom is -0.533 e. The number of phenols is 2. The molecule has 2 aromatic carbocycles. The third-order valence-corrected chi connectivity index (χ3v) is 5.35. The number of benzene rings is 2. The summed E-state index contributed by atoms with van der Waals surface area (Å²) in [5.41, 5.74) is 3.71. The molecule has 0 aromatic heterocycles. The van der Waals surface area contributed by atoms with E-state index in [9.17, 15) is 10.2 Å². The molecule has 2 N–H and O–H groups in total. The Morgan fingerprint density at radius 3 is 2.38 bits per heavy atom. The first-order valence-corrected chi connectivity index (χ1v) is 9.16. The zero-order valence-corrected chi connectivity index (χ0v) is 21.0. The van der Waals surface area contributed by atoms with Crippen molar-refractivity contribution in [1.82, 2.24) is 0 Å². The van der Waals surface area contributed by atoms with Crippen molar-refractivity contribution >= 4 is 22.6 Å². The van der Waals surface area contributed by atoms with E-state index in [-0.39, 0.29) is 42.8 Å². The van der Waals surface area contributed by atoms with Gasteiger partial charge in [0.25, 0.3) is 0 Å². The Kier molecular flexibility index (Phi) is 8.65. The van der Waals surface area contributed by atoms with Crippen LogP contribution < -0.4 is 0 Å². The molecule has 0 aliphatic heterocycles. The Labute approximate surface area is 182 Å². The van der Waals surface area contributed by atoms with Crippen LogP contribution >= 0.6 is 22.6 Å². The third kappa shape index (κ3) is 4.71. The van der Waals surface area contributed by atoms with Crippen LogP contribution in [0.3, 0.4) is 0 Å². The summed E-state index contributed by atoms with van der Waals surface area (Å²) in [4.78, 5) is 0. The Bertz CT molecular complexity index is 700. The van der Waals surface area contributed by atoms with Crippen LogP contribution in [0.25, 0.3) is 0 Å². The topological polar surface area (TPSA) is 40.5 Å². The molecule has 0 aliphatic carbocycles. The second-order valence-corrected chi connectivity index (χ2v) is 7.46. The molecule has 2 rings (SSSR count). The molecule has 2 aromatic rings. The quantitative estimate of drug-likeness (QED) is 0.311. The Morgan fingerprint density at radius 2 is 1.75 bits per heavy atom. The fraction of sp³-hybridized carbons (Fsp3) is 0.400. The predicted molar refractivity (Wildman–Crippen MR) is 103 cm³/mol. The molecule has 0 radical (unpaired) electrons. The molecule has 0 fully saturated rings. The summed E-state index contributed by atoms with van der Waals surface area (Å²) in [5, 5.41) is 20.9. The summed E-state index contributed by atoms with van der Waals surface area (Å²) < 4.78 is 0.862. The van der Waals surface area contributed by atoms with Crippen LogP contribution in [0.1, 0.15) is 67.7 Å². The van der Waals surface area contributed by atoms with Crippen LogP contribution in [-0.4, -0.2) is 10.2 Å². The fourth-order valence-electron chi connectivity index (χ4n) is 2.97. The minimum absolute atomic E-state index is 0. The van der Waals surface area contributed by atoms with Crippen molar-refractivity contribution in [2.45, 2.75) is 52.4 Å². The molecule has 0 amide bonds. The van der Waals surface area contributed by atoms with Gasteiger partial charge < -0.3 is 10.2 Å². The molecule has 4 heteroatoms. The monoisotopic (exact) mass is 661 g/mol. The van der Waals surface area contributed by atoms with Crippen molar-refractivity contribution in [2.75, 3.05) is 0 Å². The van der Waals surface area contributed by atoms with Gasteiger partial charge in [0.15, 0.2) is 0 Å². The van der Waals surface area contributed by atoms with Gasteiger partial charge in [-0.05, 0) is 58.0 Å². The minimum atomic E-state index is -0.0894. The number of hydrogen-bond acceptors (Lipinski definition) is 2. The fourth-order valence-corrected chi connectivity index (χ4v) is 3.65. The second kappa shape index (κ2) is 9.50. The van der Waals surface area contributed by atoms with Crippen LogP contribution in [-0.2, 0) is 0 Å². The van der Waals surface area contributed by atoms with Crippen molar-refractivity contribution in [2.24, 2.45) is 0 Å². The van der Waals surface area contributed by atoms with Gasteiger partial charge >= 0.3 is 0 Å². The van der Waals surface area contributed by atoms with Crippen molar-refractivity contribution in [3.05, 3.63) is 56.2 Å². The Hall–Kier alpha value is -0.178. The van der Waals surface area contributed by atoms with E-state index >= 15 is 0 Å². The van der Waals surface area contributed by atoms with E-state index in [1.807, 2.05) is 13.8 Å². The molecule has 2 nitrogen and oxygen atoms in total. The van der Waals surface area contributed by atoms with E-state index in [2.05, 4.69) is 54.6 Å². The molecule has 2 unspecified atom stereocenters. The van der Waals surface area contributed by atoms with Gasteiger partial charge in [0, 0.05) is 36.9 Å². The summed E-state index contributed by atoms with van der Waals surface area (Å²) in [6.45, 7) is 8.29. The molecule has 2 atom stereocenters. The third-order valence-electron chi connectivity index (χ3n) is 4.52. The van der Waals surface area contributed by atoms with Gasteiger partial charge in [-0.25, -0.2) is 0 Å². The summed E-state index contributed by atoms with van der Waals surface area (Å²) in [6.07, 6.45) is 2.26. The molecule has 0 aliphatic rings. The Morgan fingerprint density at radius 1 is 1.08 bits per heavy atom. The molecule has 0 heterocycles. The predicted octanol–water partition coefficient (Wildman–Crippen LogP) is 5.87. The van der Waals surface area contributed by atoms with E-state index in [1.54, 1.807) is 12.1 Å². The number of aromatic hydroxyl groups is 2. The molecule has 0 saturated heterocycles. The van der Waals surface area contributed by atoms with E-state index in [0.717, 1.165) is 33.1 Å². The van der Waals surface area contributed by atoms with Gasteiger partial charge in [0.2, 0.25) is 0 Å². The summed E-state index contributed by atoms with van der Waals surface area (Å²) in [5.74, 6) is 0.968. The van der Waals surface area contributed by atoms with Crippen LogP contribution in [0.5, 0.6) is 11.5 Å². The van der Waals surface area contributed by atoms with Crippen LogP contribution in [0.4, 0.5) is 0 Å². The molecule has 24 heavy (non-hydrogen) atoms. The standard InChI is InChI=1S/C20H24IO2.U/c1-5-7-12(2)15-10-17(20(23)18(21)11-15)14(4)16-9-6-8-13(3)19(16)22;/h8-12,14,22-23H,5,7H2,1-4H3;/q-1;. The first-order valence-electron chi connectivity index (χ1n) is 8.08. The van der Waals surface area contributed by atoms with Gasteiger partial charge in [-0.2, -0.15) is 18.2 Å². The maximum atomic E-state index is 10.5. The molecule has 0 spiro atoms. The van der Waals surface area contributed by atoms with Gasteiger partial charge in [0.1, 0.15) is 5.75 Å². The van der Waals surface area contributed by atoms with Crippen molar-refractivity contribution < 1.29 is 41.3 Å². The van der Waals surface area contributed by atoms with Crippen molar-refractivity contribution in [1.29, 1.82) is 0 Å². The summed E-state index contributed by atoms with van der Waals surface area (Å²) in [7, 11) is 0. The van der Waals surface area contributed by atoms with Gasteiger partial charge in [-0.15, -0.1) is 11.1 Å². The van der Waals surface area contributed by atoms with E-state index in [4.69, 9.17) is 0 Å². The Balaban J connectivity index is 0.00000288. The van der Waals surface area contributed by atoms with Gasteiger partial charge in [0.05, 0.1) is 3.57 Å². The summed E-state index contributed by atoms with van der Waals surface area (Å²) >= 11 is 2.19. The van der Waals surface area contributed by atoms with Crippen molar-refractivity contribution in [3.63, 3.8) is 0 Å². The van der Waals surface area contributed by atoms with Crippen LogP contribution in [0.15, 0.2) is 24.3 Å². The van der Waals surface area contributed by atoms with Crippen molar-refractivity contribution in [3.8, 4) is 11.5 Å². The molecule has 0 saturated carbocycles. The zero-order valence-electron chi connectivity index (χ0n) is 14.7. The number of hydrogen-bond donors (Lipinski definition) is 2. The SMILES string of the molecule is CCCC(C)c1cc(I)c(O)c(C(C)c2c[c-]cc(C)c2O)c1.[U]. The zero-order chi connectivity index (χ0) is 17.1. The van der Waals surface area contributed by atoms with Crippen LogP contribution in [0, 0.1) is 47.7 Å². The number of rotatable bonds is 5. The first kappa shape index (κ1) is 21.9. The molecule has 0 bridgehead atoms. The number of aryl methyl sites for hydroxylation is 1. The normalized spacial score (nSPS) is 13.2. The molecular weight excluding hydrogens is 637 g/mol. The molecule has 128 valence electrons. The second-order valence-electron chi connectivity index (χ2n) is 6.29. The van der Waals surface area contributed by atoms with E-state index in [1.165, 1.54) is 5.56 Å². The number of phenolic OH excluding ortho intramolecular Hbond substituents is 2. The maximum Gasteiger partial charge on any atom is 0.131 e. The maximum absolute atomic E-state index is 10.5. The van der Waals surface area contributed by atoms with Gasteiger partial charge in [-0.3, -0.25) is 0 Å². The van der Waals surface area contributed by atoms with Crippen LogP contribution in [0.2, 0.25) is 0 Å². The average Bonchev–Trinajstić information content (AvgIpc) is 2.52. The van der Waals surface area contributed by atoms with E-state index in [0.29, 0.717) is 11.7 Å². The smallest absolute Gasteiger partial charge is 0.131 e. The molecular formula is C20H24IO2U-. The van der Waals surface area contributed by atoms with Gasteiger partial charge in [-0.1, -0.05) is 40.2 Å². The average molecular weight is 661 g/mol. The summed E-state index contributed by atoms with van der Waals surface area (Å²) in [6, 6.07) is 10.8. The first-order chi connectivity index (χ1) is 10.9. The van der Waals surface area contributed by atoms with E-state index < -0.39 is 0 Å².